The van der Waals surface area contributed by atoms with Gasteiger partial charge in [-0.25, -0.2) is 4.58 Å². The van der Waals surface area contributed by atoms with Crippen LogP contribution in [-0.2, 0) is 0 Å². The maximum Gasteiger partial charge on any atom is 0.145 e. The van der Waals surface area contributed by atoms with Gasteiger partial charge in [0.15, 0.2) is 0 Å². The molecule has 1 nitrogen and oxygen atoms in total. The molecule has 0 aromatic rings. The molecule has 1 aliphatic heterocycles. The minimum Gasteiger partial charge on any atom is -0.239 e. The van der Waals surface area contributed by atoms with Crippen LogP contribution in [-0.4, -0.2) is 23.9 Å². The summed E-state index contributed by atoms with van der Waals surface area (Å²) in [7, 11) is 0. The zero-order chi connectivity index (χ0) is 9.10. The van der Waals surface area contributed by atoms with Crippen LogP contribution in [0.15, 0.2) is 0 Å². The van der Waals surface area contributed by atoms with Gasteiger partial charge in [-0.3, -0.25) is 0 Å². The van der Waals surface area contributed by atoms with Gasteiger partial charge in [-0.05, 0) is 19.3 Å². The quantitative estimate of drug-likeness (QED) is 0.587. The first-order valence-electron chi connectivity index (χ1n) is 5.97. The molecule has 2 rings (SSSR count). The highest BCUT2D eigenvalue weighted by atomic mass is 15.0. The largest absolute Gasteiger partial charge is 0.239 e. The highest BCUT2D eigenvalue weighted by Gasteiger charge is 2.30. The van der Waals surface area contributed by atoms with Gasteiger partial charge in [0.1, 0.15) is 19.3 Å². The van der Waals surface area contributed by atoms with Crippen molar-refractivity contribution in [2.45, 2.75) is 45.4 Å². The van der Waals surface area contributed by atoms with E-state index in [1.165, 1.54) is 51.6 Å². The van der Waals surface area contributed by atoms with Gasteiger partial charge in [0.05, 0.1) is 0 Å². The standard InChI is InChI=1S/C12H22N/c1-2-3-7-13-9-11-5-4-6-12(8-11)10-13/h9,11-12H,2-8,10H2,1H3/q+1. The number of hydrogen-bond donors (Lipinski definition) is 0. The van der Waals surface area contributed by atoms with E-state index >= 15 is 0 Å². The molecule has 0 radical (unpaired) electrons. The minimum atomic E-state index is 0.935. The van der Waals surface area contributed by atoms with Gasteiger partial charge in [0.2, 0.25) is 0 Å². The first kappa shape index (κ1) is 9.23. The molecule has 2 bridgehead atoms. The third kappa shape index (κ3) is 2.32. The first-order chi connectivity index (χ1) is 6.38. The lowest BCUT2D eigenvalue weighted by molar-refractivity contribution is -0.539. The summed E-state index contributed by atoms with van der Waals surface area (Å²) in [5.41, 5.74) is 0. The Bertz CT molecular complexity index is 195. The molecule has 0 amide bonds. The van der Waals surface area contributed by atoms with E-state index in [0.717, 1.165) is 11.8 Å². The Kier molecular flexibility index (Phi) is 3.02. The maximum atomic E-state index is 2.60. The Morgan fingerprint density at radius 3 is 3.08 bits per heavy atom. The molecule has 1 aliphatic carbocycles. The Morgan fingerprint density at radius 2 is 2.31 bits per heavy atom. The molecule has 1 heteroatoms. The molecule has 1 heterocycles. The second kappa shape index (κ2) is 4.26. The normalized spacial score (nSPS) is 32.8. The summed E-state index contributed by atoms with van der Waals surface area (Å²) in [5.74, 6) is 1.96. The monoisotopic (exact) mass is 180 g/mol. The van der Waals surface area contributed by atoms with Crippen molar-refractivity contribution in [1.82, 2.24) is 0 Å². The third-order valence-electron chi connectivity index (χ3n) is 3.54. The summed E-state index contributed by atoms with van der Waals surface area (Å²) < 4.78 is 2.60. The van der Waals surface area contributed by atoms with Crippen molar-refractivity contribution in [3.8, 4) is 0 Å². The molecule has 2 unspecified atom stereocenters. The van der Waals surface area contributed by atoms with Gasteiger partial charge in [-0.2, -0.15) is 0 Å². The van der Waals surface area contributed by atoms with Gasteiger partial charge in [0, 0.05) is 18.3 Å². The molecular weight excluding hydrogens is 158 g/mol. The van der Waals surface area contributed by atoms with Gasteiger partial charge >= 0.3 is 0 Å². The zero-order valence-corrected chi connectivity index (χ0v) is 8.84. The summed E-state index contributed by atoms with van der Waals surface area (Å²) >= 11 is 0. The van der Waals surface area contributed by atoms with Gasteiger partial charge < -0.3 is 0 Å². The van der Waals surface area contributed by atoms with Crippen LogP contribution in [0, 0.1) is 11.8 Å². The Hall–Kier alpha value is -0.330. The van der Waals surface area contributed by atoms with Crippen LogP contribution in [0.4, 0.5) is 0 Å². The van der Waals surface area contributed by atoms with Crippen LogP contribution >= 0.6 is 0 Å². The van der Waals surface area contributed by atoms with E-state index in [-0.39, 0.29) is 0 Å². The van der Waals surface area contributed by atoms with Crippen LogP contribution in [0.5, 0.6) is 0 Å². The Labute approximate surface area is 81.8 Å². The number of fused-ring (bicyclic) bond motifs is 2. The second-order valence-electron chi connectivity index (χ2n) is 4.79. The van der Waals surface area contributed by atoms with Crippen LogP contribution in [0.1, 0.15) is 45.4 Å². The summed E-state index contributed by atoms with van der Waals surface area (Å²) in [5, 5.41) is 0. The van der Waals surface area contributed by atoms with Crippen molar-refractivity contribution >= 4 is 6.21 Å². The van der Waals surface area contributed by atoms with E-state index in [9.17, 15) is 0 Å². The first-order valence-corrected chi connectivity index (χ1v) is 5.97. The molecule has 0 aromatic heterocycles. The topological polar surface area (TPSA) is 3.01 Å². The van der Waals surface area contributed by atoms with Crippen molar-refractivity contribution in [2.75, 3.05) is 13.1 Å². The molecule has 1 saturated carbocycles. The third-order valence-corrected chi connectivity index (χ3v) is 3.54. The van der Waals surface area contributed by atoms with Crippen molar-refractivity contribution in [1.29, 1.82) is 0 Å². The van der Waals surface area contributed by atoms with Gasteiger partial charge in [-0.15, -0.1) is 0 Å². The zero-order valence-electron chi connectivity index (χ0n) is 8.84. The van der Waals surface area contributed by atoms with Crippen molar-refractivity contribution < 1.29 is 4.58 Å². The highest BCUT2D eigenvalue weighted by Crippen LogP contribution is 2.30. The Balaban J connectivity index is 1.92. The number of hydrogen-bond acceptors (Lipinski definition) is 0. The summed E-state index contributed by atoms with van der Waals surface area (Å²) in [4.78, 5) is 0. The number of unbranched alkanes of at least 4 members (excludes halogenated alkanes) is 1. The average molecular weight is 180 g/mol. The SMILES string of the molecule is CCCC[N+]1=CC2CCCC(C2)C1. The molecule has 2 aliphatic rings. The van der Waals surface area contributed by atoms with Crippen molar-refractivity contribution in [3.63, 3.8) is 0 Å². The molecule has 0 N–H and O–H groups in total. The van der Waals surface area contributed by atoms with E-state index in [1.807, 2.05) is 0 Å². The van der Waals surface area contributed by atoms with Crippen LogP contribution in [0.2, 0.25) is 0 Å². The van der Waals surface area contributed by atoms with Crippen LogP contribution < -0.4 is 0 Å². The number of nitrogens with zero attached hydrogens (tertiary/aromatic N) is 1. The fourth-order valence-electron chi connectivity index (χ4n) is 2.85. The molecule has 0 spiro atoms. The lowest BCUT2D eigenvalue weighted by atomic mass is 9.80. The summed E-state index contributed by atoms with van der Waals surface area (Å²) in [6.45, 7) is 4.95. The van der Waals surface area contributed by atoms with Crippen LogP contribution in [0.3, 0.4) is 0 Å². The van der Waals surface area contributed by atoms with Crippen LogP contribution in [0.25, 0.3) is 0 Å². The molecule has 1 fully saturated rings. The van der Waals surface area contributed by atoms with Crippen molar-refractivity contribution in [2.24, 2.45) is 11.8 Å². The second-order valence-corrected chi connectivity index (χ2v) is 4.79. The molecular formula is C12H22N+. The summed E-state index contributed by atoms with van der Waals surface area (Å²) in [6.07, 6.45) is 11.2. The van der Waals surface area contributed by atoms with Crippen molar-refractivity contribution in [3.05, 3.63) is 0 Å². The predicted octanol–water partition coefficient (Wildman–Crippen LogP) is 2.69. The predicted molar refractivity (Wildman–Crippen MR) is 56.4 cm³/mol. The fraction of sp³-hybridized carbons (Fsp3) is 0.917. The van der Waals surface area contributed by atoms with E-state index < -0.39 is 0 Å². The molecule has 0 aromatic carbocycles. The maximum absolute atomic E-state index is 2.60. The average Bonchev–Trinajstić information content (AvgIpc) is 2.14. The lowest BCUT2D eigenvalue weighted by Gasteiger charge is -2.29. The Morgan fingerprint density at radius 1 is 1.38 bits per heavy atom. The summed E-state index contributed by atoms with van der Waals surface area (Å²) in [6, 6.07) is 0. The molecule has 2 atom stereocenters. The fourth-order valence-corrected chi connectivity index (χ4v) is 2.85. The van der Waals surface area contributed by atoms with E-state index in [4.69, 9.17) is 0 Å². The molecule has 74 valence electrons. The molecule has 13 heavy (non-hydrogen) atoms. The molecule has 0 saturated heterocycles. The minimum absolute atomic E-state index is 0.935. The van der Waals surface area contributed by atoms with Gasteiger partial charge in [-0.1, -0.05) is 19.8 Å². The smallest absolute Gasteiger partial charge is 0.145 e. The van der Waals surface area contributed by atoms with Gasteiger partial charge in [0.25, 0.3) is 0 Å². The lowest BCUT2D eigenvalue weighted by Crippen LogP contribution is -2.35. The number of rotatable bonds is 3. The van der Waals surface area contributed by atoms with E-state index in [2.05, 4.69) is 17.7 Å². The van der Waals surface area contributed by atoms with E-state index in [1.54, 1.807) is 0 Å². The van der Waals surface area contributed by atoms with E-state index in [0.29, 0.717) is 0 Å². The highest BCUT2D eigenvalue weighted by molar-refractivity contribution is 5.56.